The van der Waals surface area contributed by atoms with E-state index >= 15 is 0 Å². The van der Waals surface area contributed by atoms with Crippen molar-refractivity contribution in [2.24, 2.45) is 0 Å². The van der Waals surface area contributed by atoms with Gasteiger partial charge in [0.25, 0.3) is 0 Å². The minimum absolute atomic E-state index is 0.294. The number of hydrogen-bond donors (Lipinski definition) is 1. The van der Waals surface area contributed by atoms with Crippen molar-refractivity contribution in [1.29, 1.82) is 0 Å². The predicted octanol–water partition coefficient (Wildman–Crippen LogP) is 1.25. The molecule has 1 aliphatic heterocycles. The number of ether oxygens (including phenoxy) is 2. The highest BCUT2D eigenvalue weighted by atomic mass is 16.5. The first kappa shape index (κ1) is 17.5. The molecule has 0 aliphatic carbocycles. The van der Waals surface area contributed by atoms with Gasteiger partial charge in [-0.05, 0) is 19.9 Å². The molecule has 0 amide bonds. The van der Waals surface area contributed by atoms with Crippen molar-refractivity contribution in [2.45, 2.75) is 25.9 Å². The molecule has 1 fully saturated rings. The van der Waals surface area contributed by atoms with Crippen molar-refractivity contribution >= 4 is 5.97 Å². The number of methoxy groups -OCH3 is 2. The number of piperazine rings is 1. The smallest absolute Gasteiger partial charge is 0.325 e. The molecule has 2 heterocycles. The van der Waals surface area contributed by atoms with Crippen LogP contribution in [-0.4, -0.2) is 72.3 Å². The van der Waals surface area contributed by atoms with Crippen molar-refractivity contribution in [3.63, 3.8) is 0 Å². The van der Waals surface area contributed by atoms with Gasteiger partial charge in [0.2, 0.25) is 11.8 Å². The first-order chi connectivity index (χ1) is 11.0. The molecule has 1 aromatic heterocycles. The highest BCUT2D eigenvalue weighted by molar-refractivity contribution is 5.76. The third-order valence-electron chi connectivity index (χ3n) is 4.24. The molecule has 2 rings (SSSR count). The Morgan fingerprint density at radius 3 is 2.22 bits per heavy atom. The fourth-order valence-electron chi connectivity index (χ4n) is 2.92. The van der Waals surface area contributed by atoms with E-state index in [2.05, 4.69) is 23.7 Å². The molecule has 0 saturated carbocycles. The van der Waals surface area contributed by atoms with E-state index in [-0.39, 0.29) is 0 Å². The van der Waals surface area contributed by atoms with E-state index in [9.17, 15) is 9.90 Å². The Bertz CT molecular complexity index is 542. The molecule has 1 aliphatic rings. The van der Waals surface area contributed by atoms with Gasteiger partial charge in [0, 0.05) is 43.9 Å². The Balaban J connectivity index is 2.24. The third kappa shape index (κ3) is 3.92. The minimum Gasteiger partial charge on any atom is -0.481 e. The lowest BCUT2D eigenvalue weighted by Gasteiger charge is -2.39. The van der Waals surface area contributed by atoms with Crippen molar-refractivity contribution in [2.75, 3.05) is 40.4 Å². The summed E-state index contributed by atoms with van der Waals surface area (Å²) < 4.78 is 10.4. The Morgan fingerprint density at radius 2 is 1.74 bits per heavy atom. The van der Waals surface area contributed by atoms with Crippen LogP contribution < -0.4 is 9.47 Å². The Kier molecular flexibility index (Phi) is 5.79. The van der Waals surface area contributed by atoms with Crippen LogP contribution in [0.25, 0.3) is 0 Å². The van der Waals surface area contributed by atoms with E-state index in [0.717, 1.165) is 13.1 Å². The standard InChI is InChI=1S/C16H25N3O4/c1-11(2)18-7-9-19(10-8-18)14(16(20)21)12-5-6-13(22-3)17-15(12)23-4/h5-6,11,14H,7-10H2,1-4H3,(H,20,21)/t14-/m0/s1. The lowest BCUT2D eigenvalue weighted by molar-refractivity contribution is -0.144. The van der Waals surface area contributed by atoms with Gasteiger partial charge in [0.1, 0.15) is 6.04 Å². The zero-order valence-electron chi connectivity index (χ0n) is 14.2. The molecule has 1 saturated heterocycles. The van der Waals surface area contributed by atoms with Gasteiger partial charge in [0.05, 0.1) is 14.2 Å². The van der Waals surface area contributed by atoms with Crippen LogP contribution in [-0.2, 0) is 4.79 Å². The predicted molar refractivity (Wildman–Crippen MR) is 86.0 cm³/mol. The number of aromatic nitrogens is 1. The van der Waals surface area contributed by atoms with Crippen LogP contribution in [0.1, 0.15) is 25.5 Å². The van der Waals surface area contributed by atoms with Crippen molar-refractivity contribution in [1.82, 2.24) is 14.8 Å². The van der Waals surface area contributed by atoms with Crippen molar-refractivity contribution in [3.05, 3.63) is 17.7 Å². The fraction of sp³-hybridized carbons (Fsp3) is 0.625. The maximum Gasteiger partial charge on any atom is 0.325 e. The van der Waals surface area contributed by atoms with E-state index in [1.54, 1.807) is 12.1 Å². The number of nitrogens with zero attached hydrogens (tertiary/aromatic N) is 3. The summed E-state index contributed by atoms with van der Waals surface area (Å²) in [5.41, 5.74) is 0.554. The van der Waals surface area contributed by atoms with Crippen LogP contribution in [0.3, 0.4) is 0 Å². The minimum atomic E-state index is -0.895. The maximum absolute atomic E-state index is 11.9. The summed E-state index contributed by atoms with van der Waals surface area (Å²) in [4.78, 5) is 20.4. The molecule has 7 heteroatoms. The van der Waals surface area contributed by atoms with Crippen LogP contribution >= 0.6 is 0 Å². The van der Waals surface area contributed by atoms with Crippen LogP contribution in [0.4, 0.5) is 0 Å². The zero-order chi connectivity index (χ0) is 17.0. The first-order valence-corrected chi connectivity index (χ1v) is 7.77. The van der Waals surface area contributed by atoms with Gasteiger partial charge >= 0.3 is 5.97 Å². The Hall–Kier alpha value is -1.86. The molecule has 0 aromatic carbocycles. The van der Waals surface area contributed by atoms with E-state index in [4.69, 9.17) is 9.47 Å². The Morgan fingerprint density at radius 1 is 1.13 bits per heavy atom. The van der Waals surface area contributed by atoms with E-state index < -0.39 is 12.0 Å². The second-order valence-electron chi connectivity index (χ2n) is 5.86. The molecule has 1 atom stereocenters. The van der Waals surface area contributed by atoms with E-state index in [1.807, 2.05) is 4.90 Å². The van der Waals surface area contributed by atoms with Crippen molar-refractivity contribution in [3.8, 4) is 11.8 Å². The summed E-state index contributed by atoms with van der Waals surface area (Å²) in [6.07, 6.45) is 0. The average molecular weight is 323 g/mol. The largest absolute Gasteiger partial charge is 0.481 e. The van der Waals surface area contributed by atoms with Gasteiger partial charge in [-0.3, -0.25) is 14.6 Å². The molecule has 23 heavy (non-hydrogen) atoms. The number of pyridine rings is 1. The van der Waals surface area contributed by atoms with Gasteiger partial charge < -0.3 is 14.6 Å². The number of carbonyl (C=O) groups is 1. The number of carboxylic acids is 1. The van der Waals surface area contributed by atoms with Gasteiger partial charge in [-0.1, -0.05) is 0 Å². The molecule has 1 aromatic rings. The topological polar surface area (TPSA) is 75.1 Å². The molecule has 0 radical (unpaired) electrons. The monoisotopic (exact) mass is 323 g/mol. The second kappa shape index (κ2) is 7.61. The molecular weight excluding hydrogens is 298 g/mol. The molecule has 128 valence electrons. The molecule has 0 unspecified atom stereocenters. The SMILES string of the molecule is COc1ccc([C@@H](C(=O)O)N2CCN(C(C)C)CC2)c(OC)n1. The highest BCUT2D eigenvalue weighted by Gasteiger charge is 2.33. The Labute approximate surface area is 136 Å². The van der Waals surface area contributed by atoms with Gasteiger partial charge in [0.15, 0.2) is 0 Å². The summed E-state index contributed by atoms with van der Waals surface area (Å²) in [6, 6.07) is 3.09. The van der Waals surface area contributed by atoms with Gasteiger partial charge in [-0.2, -0.15) is 4.98 Å². The summed E-state index contributed by atoms with van der Waals surface area (Å²) in [6.45, 7) is 7.41. The van der Waals surface area contributed by atoms with Crippen LogP contribution in [0.15, 0.2) is 12.1 Å². The van der Waals surface area contributed by atoms with Crippen LogP contribution in [0.2, 0.25) is 0 Å². The summed E-state index contributed by atoms with van der Waals surface area (Å²) in [7, 11) is 3.00. The molecule has 1 N–H and O–H groups in total. The first-order valence-electron chi connectivity index (χ1n) is 7.77. The normalized spacial score (nSPS) is 18.0. The lowest BCUT2D eigenvalue weighted by Crippen LogP contribution is -2.51. The summed E-state index contributed by atoms with van der Waals surface area (Å²) in [5, 5.41) is 9.73. The van der Waals surface area contributed by atoms with E-state index in [1.165, 1.54) is 14.2 Å². The number of hydrogen-bond acceptors (Lipinski definition) is 6. The molecular formula is C16H25N3O4. The number of carboxylic acid groups (broad SMARTS) is 1. The number of aliphatic carboxylic acids is 1. The zero-order valence-corrected chi connectivity index (χ0v) is 14.2. The maximum atomic E-state index is 11.9. The third-order valence-corrected chi connectivity index (χ3v) is 4.24. The highest BCUT2D eigenvalue weighted by Crippen LogP contribution is 2.31. The average Bonchev–Trinajstić information content (AvgIpc) is 2.55. The lowest BCUT2D eigenvalue weighted by atomic mass is 10.1. The number of rotatable bonds is 6. The quantitative estimate of drug-likeness (QED) is 0.844. The fourth-order valence-corrected chi connectivity index (χ4v) is 2.92. The van der Waals surface area contributed by atoms with Crippen LogP contribution in [0.5, 0.6) is 11.8 Å². The van der Waals surface area contributed by atoms with Crippen molar-refractivity contribution < 1.29 is 19.4 Å². The summed E-state index contributed by atoms with van der Waals surface area (Å²) in [5.74, 6) is -0.198. The van der Waals surface area contributed by atoms with E-state index in [0.29, 0.717) is 36.5 Å². The van der Waals surface area contributed by atoms with Gasteiger partial charge in [-0.25, -0.2) is 0 Å². The molecule has 0 spiro atoms. The van der Waals surface area contributed by atoms with Crippen LogP contribution in [0, 0.1) is 0 Å². The molecule has 0 bridgehead atoms. The molecule has 7 nitrogen and oxygen atoms in total. The summed E-state index contributed by atoms with van der Waals surface area (Å²) >= 11 is 0. The van der Waals surface area contributed by atoms with Gasteiger partial charge in [-0.15, -0.1) is 0 Å². The second-order valence-corrected chi connectivity index (χ2v) is 5.86.